The molecule has 2 aromatic carbocycles. The summed E-state index contributed by atoms with van der Waals surface area (Å²) in [4.78, 5) is 0. The Hall–Kier alpha value is -1.06. The fraction of sp³-hybridized carbons (Fsp3) is 0.200. The standard InChI is InChI=1S/C15H16Cl2N2/c1-9-5-10(2)7-11(6-9)15(19-18)13-8-12(16)3-4-14(13)17/h3-8,15,19H,18H2,1-2H3. The molecule has 0 aromatic heterocycles. The van der Waals surface area contributed by atoms with Crippen molar-refractivity contribution in [2.45, 2.75) is 19.9 Å². The van der Waals surface area contributed by atoms with Gasteiger partial charge in [0.15, 0.2) is 0 Å². The molecule has 0 radical (unpaired) electrons. The Balaban J connectivity index is 2.52. The maximum atomic E-state index is 6.24. The normalized spacial score (nSPS) is 12.5. The van der Waals surface area contributed by atoms with E-state index >= 15 is 0 Å². The van der Waals surface area contributed by atoms with Gasteiger partial charge in [-0.2, -0.15) is 0 Å². The second kappa shape index (κ2) is 5.93. The van der Waals surface area contributed by atoms with E-state index in [2.05, 4.69) is 37.5 Å². The summed E-state index contributed by atoms with van der Waals surface area (Å²) in [6, 6.07) is 11.5. The van der Waals surface area contributed by atoms with Crippen LogP contribution >= 0.6 is 23.2 Å². The van der Waals surface area contributed by atoms with E-state index in [-0.39, 0.29) is 6.04 Å². The van der Waals surface area contributed by atoms with Gasteiger partial charge in [-0.05, 0) is 43.2 Å². The molecular weight excluding hydrogens is 279 g/mol. The summed E-state index contributed by atoms with van der Waals surface area (Å²) in [5.74, 6) is 5.70. The lowest BCUT2D eigenvalue weighted by Crippen LogP contribution is -2.29. The van der Waals surface area contributed by atoms with Crippen molar-refractivity contribution in [1.29, 1.82) is 0 Å². The average molecular weight is 295 g/mol. The van der Waals surface area contributed by atoms with Gasteiger partial charge in [0.2, 0.25) is 0 Å². The van der Waals surface area contributed by atoms with Crippen LogP contribution in [0.5, 0.6) is 0 Å². The van der Waals surface area contributed by atoms with E-state index in [0.29, 0.717) is 10.0 Å². The number of rotatable bonds is 3. The summed E-state index contributed by atoms with van der Waals surface area (Å²) in [6.45, 7) is 4.12. The topological polar surface area (TPSA) is 38.0 Å². The highest BCUT2D eigenvalue weighted by Gasteiger charge is 2.16. The van der Waals surface area contributed by atoms with Crippen LogP contribution in [0.1, 0.15) is 28.3 Å². The number of hydrogen-bond donors (Lipinski definition) is 2. The van der Waals surface area contributed by atoms with Crippen LogP contribution in [0.3, 0.4) is 0 Å². The van der Waals surface area contributed by atoms with E-state index in [4.69, 9.17) is 29.0 Å². The highest BCUT2D eigenvalue weighted by molar-refractivity contribution is 6.33. The molecule has 0 amide bonds. The molecule has 0 heterocycles. The molecule has 0 saturated heterocycles. The molecule has 1 unspecified atom stereocenters. The maximum absolute atomic E-state index is 6.24. The van der Waals surface area contributed by atoms with Crippen LogP contribution < -0.4 is 11.3 Å². The Labute approximate surface area is 123 Å². The van der Waals surface area contributed by atoms with Gasteiger partial charge in [0.25, 0.3) is 0 Å². The van der Waals surface area contributed by atoms with Gasteiger partial charge in [0.1, 0.15) is 0 Å². The molecule has 2 nitrogen and oxygen atoms in total. The van der Waals surface area contributed by atoms with Crippen LogP contribution in [0.2, 0.25) is 10.0 Å². The molecule has 2 rings (SSSR count). The first kappa shape index (κ1) is 14.4. The number of halogens is 2. The van der Waals surface area contributed by atoms with E-state index in [0.717, 1.165) is 11.1 Å². The third-order valence-corrected chi connectivity index (χ3v) is 3.59. The summed E-state index contributed by atoms with van der Waals surface area (Å²) in [5.41, 5.74) is 7.14. The molecule has 19 heavy (non-hydrogen) atoms. The van der Waals surface area contributed by atoms with Gasteiger partial charge in [0, 0.05) is 10.0 Å². The van der Waals surface area contributed by atoms with Crippen molar-refractivity contribution in [3.8, 4) is 0 Å². The van der Waals surface area contributed by atoms with Crippen molar-refractivity contribution in [1.82, 2.24) is 5.43 Å². The molecule has 3 N–H and O–H groups in total. The molecule has 4 heteroatoms. The molecule has 2 aromatic rings. The second-order valence-electron chi connectivity index (χ2n) is 4.69. The van der Waals surface area contributed by atoms with Gasteiger partial charge in [-0.25, -0.2) is 5.43 Å². The number of aryl methyl sites for hydroxylation is 2. The van der Waals surface area contributed by atoms with Crippen LogP contribution in [0.15, 0.2) is 36.4 Å². The van der Waals surface area contributed by atoms with Crippen LogP contribution in [0.4, 0.5) is 0 Å². The third kappa shape index (κ3) is 3.28. The SMILES string of the molecule is Cc1cc(C)cc(C(NN)c2cc(Cl)ccc2Cl)c1. The third-order valence-electron chi connectivity index (χ3n) is 3.01. The highest BCUT2D eigenvalue weighted by atomic mass is 35.5. The van der Waals surface area contributed by atoms with Crippen LogP contribution in [0.25, 0.3) is 0 Å². The fourth-order valence-electron chi connectivity index (χ4n) is 2.28. The quantitative estimate of drug-likeness (QED) is 0.659. The number of nitrogens with one attached hydrogen (secondary N) is 1. The number of nitrogens with two attached hydrogens (primary N) is 1. The molecule has 0 fully saturated rings. The Bertz CT molecular complexity index is 576. The Morgan fingerprint density at radius 3 is 2.21 bits per heavy atom. The van der Waals surface area contributed by atoms with Crippen molar-refractivity contribution in [2.24, 2.45) is 5.84 Å². The van der Waals surface area contributed by atoms with E-state index in [9.17, 15) is 0 Å². The predicted molar refractivity (Wildman–Crippen MR) is 81.5 cm³/mol. The van der Waals surface area contributed by atoms with Crippen molar-refractivity contribution >= 4 is 23.2 Å². The molecule has 0 saturated carbocycles. The lowest BCUT2D eigenvalue weighted by molar-refractivity contribution is 0.636. The van der Waals surface area contributed by atoms with E-state index in [1.165, 1.54) is 11.1 Å². The van der Waals surface area contributed by atoms with Crippen molar-refractivity contribution in [3.05, 3.63) is 68.7 Å². The summed E-state index contributed by atoms with van der Waals surface area (Å²) in [7, 11) is 0. The number of hydrazine groups is 1. The number of benzene rings is 2. The highest BCUT2D eigenvalue weighted by Crippen LogP contribution is 2.31. The first-order valence-corrected chi connectivity index (χ1v) is 6.76. The Morgan fingerprint density at radius 2 is 1.63 bits per heavy atom. The molecule has 0 aliphatic heterocycles. The molecule has 0 aliphatic rings. The van der Waals surface area contributed by atoms with Gasteiger partial charge < -0.3 is 0 Å². The van der Waals surface area contributed by atoms with Crippen molar-refractivity contribution in [3.63, 3.8) is 0 Å². The molecule has 0 spiro atoms. The minimum Gasteiger partial charge on any atom is -0.271 e. The molecule has 0 bridgehead atoms. The zero-order valence-electron chi connectivity index (χ0n) is 10.9. The van der Waals surface area contributed by atoms with E-state index in [1.54, 1.807) is 12.1 Å². The Kier molecular flexibility index (Phi) is 4.48. The minimum atomic E-state index is -0.176. The van der Waals surface area contributed by atoms with Crippen LogP contribution in [0, 0.1) is 13.8 Å². The summed E-state index contributed by atoms with van der Waals surface area (Å²) >= 11 is 12.3. The minimum absolute atomic E-state index is 0.176. The lowest BCUT2D eigenvalue weighted by atomic mass is 9.96. The van der Waals surface area contributed by atoms with Crippen LogP contribution in [-0.4, -0.2) is 0 Å². The van der Waals surface area contributed by atoms with Gasteiger partial charge in [-0.15, -0.1) is 0 Å². The van der Waals surface area contributed by atoms with Gasteiger partial charge >= 0.3 is 0 Å². The van der Waals surface area contributed by atoms with Crippen molar-refractivity contribution < 1.29 is 0 Å². The summed E-state index contributed by atoms with van der Waals surface area (Å²) in [6.07, 6.45) is 0. The molecule has 100 valence electrons. The summed E-state index contributed by atoms with van der Waals surface area (Å²) in [5, 5.41) is 1.29. The maximum Gasteiger partial charge on any atom is 0.0725 e. The second-order valence-corrected chi connectivity index (χ2v) is 5.53. The largest absolute Gasteiger partial charge is 0.271 e. The molecule has 1 atom stereocenters. The monoisotopic (exact) mass is 294 g/mol. The Morgan fingerprint density at radius 1 is 1.00 bits per heavy atom. The van der Waals surface area contributed by atoms with Gasteiger partial charge in [-0.1, -0.05) is 52.5 Å². The summed E-state index contributed by atoms with van der Waals surface area (Å²) < 4.78 is 0. The average Bonchev–Trinajstić information content (AvgIpc) is 2.33. The fourth-order valence-corrected chi connectivity index (χ4v) is 2.69. The van der Waals surface area contributed by atoms with Crippen LogP contribution in [-0.2, 0) is 0 Å². The number of hydrogen-bond acceptors (Lipinski definition) is 2. The lowest BCUT2D eigenvalue weighted by Gasteiger charge is -2.19. The first-order chi connectivity index (χ1) is 9.01. The molecular formula is C15H16Cl2N2. The first-order valence-electron chi connectivity index (χ1n) is 6.00. The van der Waals surface area contributed by atoms with Crippen molar-refractivity contribution in [2.75, 3.05) is 0 Å². The smallest absolute Gasteiger partial charge is 0.0725 e. The predicted octanol–water partition coefficient (Wildman–Crippen LogP) is 4.16. The zero-order chi connectivity index (χ0) is 14.0. The zero-order valence-corrected chi connectivity index (χ0v) is 12.4. The van der Waals surface area contributed by atoms with Gasteiger partial charge in [-0.3, -0.25) is 5.84 Å². The van der Waals surface area contributed by atoms with E-state index in [1.807, 2.05) is 6.07 Å². The van der Waals surface area contributed by atoms with E-state index < -0.39 is 0 Å². The molecule has 0 aliphatic carbocycles. The van der Waals surface area contributed by atoms with Gasteiger partial charge in [0.05, 0.1) is 6.04 Å².